The fraction of sp³-hybridized carbons (Fsp3) is 0.938. The highest BCUT2D eigenvalue weighted by Crippen LogP contribution is 2.26. The predicted molar refractivity (Wildman–Crippen MR) is 85.8 cm³/mol. The number of halogens is 1. The maximum absolute atomic E-state index is 12.2. The zero-order valence-corrected chi connectivity index (χ0v) is 13.7. The van der Waals surface area contributed by atoms with Crippen LogP contribution in [0, 0.1) is 5.92 Å². The highest BCUT2D eigenvalue weighted by molar-refractivity contribution is 5.85. The SMILES string of the molecule is Cl.O=C(CCC1CCCO1)N1CCC(C2CCCN2)CC1. The van der Waals surface area contributed by atoms with Gasteiger partial charge in [0.1, 0.15) is 0 Å². The molecule has 3 rings (SSSR count). The Hall–Kier alpha value is -0.320. The lowest BCUT2D eigenvalue weighted by Gasteiger charge is -2.35. The van der Waals surface area contributed by atoms with E-state index in [4.69, 9.17) is 4.74 Å². The molecule has 4 nitrogen and oxygen atoms in total. The maximum Gasteiger partial charge on any atom is 0.222 e. The number of hydrogen-bond donors (Lipinski definition) is 1. The molecule has 0 aromatic rings. The van der Waals surface area contributed by atoms with Gasteiger partial charge < -0.3 is 15.0 Å². The van der Waals surface area contributed by atoms with Gasteiger partial charge in [0.2, 0.25) is 5.91 Å². The normalized spacial score (nSPS) is 30.4. The average molecular weight is 317 g/mol. The van der Waals surface area contributed by atoms with Crippen molar-refractivity contribution in [2.75, 3.05) is 26.2 Å². The smallest absolute Gasteiger partial charge is 0.222 e. The third kappa shape index (κ3) is 4.57. The predicted octanol–water partition coefficient (Wildman–Crippen LogP) is 2.36. The molecule has 3 saturated heterocycles. The van der Waals surface area contributed by atoms with Gasteiger partial charge in [-0.15, -0.1) is 12.4 Å². The van der Waals surface area contributed by atoms with Crippen LogP contribution < -0.4 is 5.32 Å². The van der Waals surface area contributed by atoms with Crippen LogP contribution in [0.4, 0.5) is 0 Å². The summed E-state index contributed by atoms with van der Waals surface area (Å²) in [5, 5.41) is 3.61. The van der Waals surface area contributed by atoms with Crippen LogP contribution >= 0.6 is 12.4 Å². The first-order valence-corrected chi connectivity index (χ1v) is 8.45. The maximum atomic E-state index is 12.2. The van der Waals surface area contributed by atoms with Crippen molar-refractivity contribution in [3.05, 3.63) is 0 Å². The summed E-state index contributed by atoms with van der Waals surface area (Å²) in [7, 11) is 0. The van der Waals surface area contributed by atoms with Gasteiger partial charge in [0.05, 0.1) is 6.10 Å². The largest absolute Gasteiger partial charge is 0.378 e. The van der Waals surface area contributed by atoms with Crippen LogP contribution in [0.15, 0.2) is 0 Å². The molecule has 0 radical (unpaired) electrons. The van der Waals surface area contributed by atoms with Crippen LogP contribution in [0.5, 0.6) is 0 Å². The van der Waals surface area contributed by atoms with Gasteiger partial charge in [-0.1, -0.05) is 0 Å². The molecule has 0 aromatic heterocycles. The second-order valence-electron chi connectivity index (χ2n) is 6.59. The highest BCUT2D eigenvalue weighted by Gasteiger charge is 2.30. The van der Waals surface area contributed by atoms with Gasteiger partial charge >= 0.3 is 0 Å². The van der Waals surface area contributed by atoms with E-state index in [0.717, 1.165) is 44.5 Å². The van der Waals surface area contributed by atoms with E-state index in [2.05, 4.69) is 10.2 Å². The number of likely N-dealkylation sites (tertiary alicyclic amines) is 1. The van der Waals surface area contributed by atoms with E-state index in [1.54, 1.807) is 0 Å². The van der Waals surface area contributed by atoms with Crippen LogP contribution in [-0.2, 0) is 9.53 Å². The van der Waals surface area contributed by atoms with Crippen molar-refractivity contribution in [2.24, 2.45) is 5.92 Å². The monoisotopic (exact) mass is 316 g/mol. The summed E-state index contributed by atoms with van der Waals surface area (Å²) >= 11 is 0. The number of nitrogens with zero attached hydrogens (tertiary/aromatic N) is 1. The van der Waals surface area contributed by atoms with E-state index in [1.807, 2.05) is 0 Å². The zero-order valence-electron chi connectivity index (χ0n) is 12.9. The first-order chi connectivity index (χ1) is 9.83. The van der Waals surface area contributed by atoms with Crippen LogP contribution in [-0.4, -0.2) is 49.2 Å². The third-order valence-electron chi connectivity index (χ3n) is 5.26. The summed E-state index contributed by atoms with van der Waals surface area (Å²) in [6.07, 6.45) is 9.27. The lowest BCUT2D eigenvalue weighted by atomic mass is 9.88. The summed E-state index contributed by atoms with van der Waals surface area (Å²) in [4.78, 5) is 14.3. The lowest BCUT2D eigenvalue weighted by molar-refractivity contribution is -0.133. The average Bonchev–Trinajstić information content (AvgIpc) is 3.18. The Morgan fingerprint density at radius 2 is 1.95 bits per heavy atom. The summed E-state index contributed by atoms with van der Waals surface area (Å²) in [5.41, 5.74) is 0. The molecule has 0 spiro atoms. The van der Waals surface area contributed by atoms with Gasteiger partial charge in [-0.25, -0.2) is 0 Å². The van der Waals surface area contributed by atoms with Gasteiger partial charge in [0.25, 0.3) is 0 Å². The summed E-state index contributed by atoms with van der Waals surface area (Å²) in [5.74, 6) is 1.14. The number of ether oxygens (including phenoxy) is 1. The summed E-state index contributed by atoms with van der Waals surface area (Å²) in [6, 6.07) is 0.721. The van der Waals surface area contributed by atoms with Crippen LogP contribution in [0.1, 0.15) is 51.4 Å². The number of carbonyl (C=O) groups excluding carboxylic acids is 1. The van der Waals surface area contributed by atoms with Crippen molar-refractivity contribution < 1.29 is 9.53 Å². The molecular formula is C16H29ClN2O2. The summed E-state index contributed by atoms with van der Waals surface area (Å²) < 4.78 is 5.60. The zero-order chi connectivity index (χ0) is 13.8. The van der Waals surface area contributed by atoms with Gasteiger partial charge in [-0.3, -0.25) is 4.79 Å². The molecule has 2 unspecified atom stereocenters. The molecule has 0 saturated carbocycles. The lowest BCUT2D eigenvalue weighted by Crippen LogP contribution is -2.43. The molecule has 3 fully saturated rings. The van der Waals surface area contributed by atoms with Gasteiger partial charge in [-0.2, -0.15) is 0 Å². The second kappa shape index (κ2) is 8.35. The molecule has 5 heteroatoms. The van der Waals surface area contributed by atoms with Crippen LogP contribution in [0.2, 0.25) is 0 Å². The van der Waals surface area contributed by atoms with E-state index >= 15 is 0 Å². The Bertz CT molecular complexity index is 320. The van der Waals surface area contributed by atoms with E-state index in [0.29, 0.717) is 18.4 Å². The van der Waals surface area contributed by atoms with Gasteiger partial charge in [-0.05, 0) is 57.4 Å². The summed E-state index contributed by atoms with van der Waals surface area (Å²) in [6.45, 7) is 4.00. The molecule has 0 bridgehead atoms. The molecule has 1 amide bonds. The second-order valence-corrected chi connectivity index (χ2v) is 6.59. The van der Waals surface area contributed by atoms with Crippen LogP contribution in [0.25, 0.3) is 0 Å². The van der Waals surface area contributed by atoms with Crippen molar-refractivity contribution in [1.29, 1.82) is 0 Å². The Kier molecular flexibility index (Phi) is 6.77. The van der Waals surface area contributed by atoms with Crippen LogP contribution in [0.3, 0.4) is 0 Å². The highest BCUT2D eigenvalue weighted by atomic mass is 35.5. The molecule has 3 aliphatic rings. The molecule has 21 heavy (non-hydrogen) atoms. The van der Waals surface area contributed by atoms with E-state index in [9.17, 15) is 4.79 Å². The molecule has 1 N–H and O–H groups in total. The van der Waals surface area contributed by atoms with Gasteiger partial charge in [0.15, 0.2) is 0 Å². The van der Waals surface area contributed by atoms with E-state index in [-0.39, 0.29) is 12.4 Å². The Labute approximate surface area is 134 Å². The molecule has 0 aliphatic carbocycles. The van der Waals surface area contributed by atoms with E-state index < -0.39 is 0 Å². The molecule has 122 valence electrons. The Morgan fingerprint density at radius 3 is 2.57 bits per heavy atom. The van der Waals surface area contributed by atoms with Crippen molar-refractivity contribution in [3.63, 3.8) is 0 Å². The first kappa shape index (κ1) is 17.0. The quantitative estimate of drug-likeness (QED) is 0.865. The number of rotatable bonds is 4. The number of hydrogen-bond acceptors (Lipinski definition) is 3. The first-order valence-electron chi connectivity index (χ1n) is 8.45. The molecule has 3 heterocycles. The Morgan fingerprint density at radius 1 is 1.14 bits per heavy atom. The van der Waals surface area contributed by atoms with Crippen molar-refractivity contribution in [3.8, 4) is 0 Å². The minimum Gasteiger partial charge on any atom is -0.378 e. The number of amides is 1. The van der Waals surface area contributed by atoms with Crippen molar-refractivity contribution in [2.45, 2.75) is 63.5 Å². The van der Waals surface area contributed by atoms with Crippen molar-refractivity contribution >= 4 is 18.3 Å². The molecular weight excluding hydrogens is 288 g/mol. The topological polar surface area (TPSA) is 41.6 Å². The van der Waals surface area contributed by atoms with Gasteiger partial charge in [0, 0.05) is 32.2 Å². The number of piperidine rings is 1. The minimum atomic E-state index is 0. The third-order valence-corrected chi connectivity index (χ3v) is 5.26. The fourth-order valence-corrected chi connectivity index (χ4v) is 3.98. The van der Waals surface area contributed by atoms with E-state index in [1.165, 1.54) is 38.6 Å². The molecule has 0 aromatic carbocycles. The fourth-order valence-electron chi connectivity index (χ4n) is 3.98. The molecule has 3 aliphatic heterocycles. The molecule has 2 atom stereocenters. The number of nitrogens with one attached hydrogen (secondary N) is 1. The Balaban J connectivity index is 0.00000161. The van der Waals surface area contributed by atoms with Crippen molar-refractivity contribution in [1.82, 2.24) is 10.2 Å². The minimum absolute atomic E-state index is 0. The number of carbonyl (C=O) groups is 1. The standard InChI is InChI=1S/C16H28N2O2.ClH/c19-16(6-5-14-3-2-12-20-14)18-10-7-13(8-11-18)15-4-1-9-17-15;/h13-15,17H,1-12H2;1H.